The van der Waals surface area contributed by atoms with Gasteiger partial charge in [-0.05, 0) is 26.0 Å². The first-order valence-electron chi connectivity index (χ1n) is 8.01. The average Bonchev–Trinajstić information content (AvgIpc) is 3.40. The molecule has 0 amide bonds. The second-order valence-electron chi connectivity index (χ2n) is 5.97. The largest absolute Gasteiger partial charge is 0.370 e. The van der Waals surface area contributed by atoms with E-state index < -0.39 is 0 Å². The molecule has 0 aromatic carbocycles. The van der Waals surface area contributed by atoms with Gasteiger partial charge in [0.2, 0.25) is 5.95 Å². The van der Waals surface area contributed by atoms with Crippen molar-refractivity contribution in [1.82, 2.24) is 19.8 Å². The molecule has 0 spiro atoms. The zero-order chi connectivity index (χ0) is 15.4. The number of piperazine rings is 1. The van der Waals surface area contributed by atoms with Crippen molar-refractivity contribution in [3.8, 4) is 0 Å². The highest BCUT2D eigenvalue weighted by Crippen LogP contribution is 2.24. The molecule has 23 heavy (non-hydrogen) atoms. The maximum atomic E-state index is 6.12. The van der Waals surface area contributed by atoms with Crippen LogP contribution in [0.15, 0.2) is 23.5 Å². The lowest BCUT2D eigenvalue weighted by Gasteiger charge is -2.35. The van der Waals surface area contributed by atoms with Crippen LogP contribution in [0.4, 0.5) is 5.95 Å². The number of likely N-dealkylation sites (N-methyl/N-ethyl adjacent to an activating group) is 1. The second kappa shape index (κ2) is 8.62. The van der Waals surface area contributed by atoms with Gasteiger partial charge in [0, 0.05) is 51.2 Å². The summed E-state index contributed by atoms with van der Waals surface area (Å²) in [5.74, 6) is 1.46. The lowest BCUT2D eigenvalue weighted by Crippen LogP contribution is -2.51. The number of nitrogens with two attached hydrogens (primary N) is 1. The average molecular weight is 431 g/mol. The third-order valence-corrected chi connectivity index (χ3v) is 4.34. The molecule has 0 atom stereocenters. The predicted molar refractivity (Wildman–Crippen MR) is 103 cm³/mol. The molecule has 0 unspecified atom stereocenters. The van der Waals surface area contributed by atoms with Crippen molar-refractivity contribution in [3.05, 3.63) is 18.5 Å². The molecule has 8 heteroatoms. The van der Waals surface area contributed by atoms with Crippen molar-refractivity contribution < 1.29 is 0 Å². The number of guanidine groups is 1. The van der Waals surface area contributed by atoms with E-state index in [2.05, 4.69) is 36.7 Å². The van der Waals surface area contributed by atoms with Crippen LogP contribution >= 0.6 is 24.0 Å². The Bertz CT molecular complexity index is 498. The Kier molecular flexibility index (Phi) is 6.82. The Morgan fingerprint density at radius 2 is 1.91 bits per heavy atom. The minimum atomic E-state index is 0. The van der Waals surface area contributed by atoms with Crippen LogP contribution in [0.3, 0.4) is 0 Å². The highest BCUT2D eigenvalue weighted by Gasteiger charge is 2.25. The number of aliphatic imine (C=N–C) groups is 1. The summed E-state index contributed by atoms with van der Waals surface area (Å²) in [5.41, 5.74) is 6.12. The maximum Gasteiger partial charge on any atom is 0.225 e. The molecule has 1 saturated carbocycles. The fraction of sp³-hybridized carbons (Fsp3) is 0.667. The lowest BCUT2D eigenvalue weighted by atomic mass is 10.3. The summed E-state index contributed by atoms with van der Waals surface area (Å²) in [4.78, 5) is 19.8. The molecule has 2 aliphatic rings. The highest BCUT2D eigenvalue weighted by molar-refractivity contribution is 14.0. The number of anilines is 1. The SMILES string of the molecule is CN(CCN=C(N)N1CCN(c2ncccn2)CC1)C1CC1.I. The first-order chi connectivity index (χ1) is 10.7. The van der Waals surface area contributed by atoms with E-state index in [0.29, 0.717) is 5.96 Å². The quantitative estimate of drug-likeness (QED) is 0.419. The van der Waals surface area contributed by atoms with Crippen molar-refractivity contribution in [2.45, 2.75) is 18.9 Å². The molecule has 1 saturated heterocycles. The van der Waals surface area contributed by atoms with Crippen LogP contribution in [0.25, 0.3) is 0 Å². The number of rotatable bonds is 5. The normalized spacial score (nSPS) is 19.0. The Morgan fingerprint density at radius 1 is 1.26 bits per heavy atom. The standard InChI is InChI=1S/C15H25N7.HI/c1-20(13-3-4-13)8-7-17-14(16)21-9-11-22(12-10-21)15-18-5-2-6-19-15;/h2,5-6,13H,3-4,7-12H2,1H3,(H2,16,17);1H. The molecule has 1 aromatic rings. The van der Waals surface area contributed by atoms with E-state index in [1.807, 2.05) is 6.07 Å². The van der Waals surface area contributed by atoms with E-state index in [4.69, 9.17) is 5.73 Å². The van der Waals surface area contributed by atoms with Crippen LogP contribution in [-0.4, -0.2) is 78.1 Å². The molecule has 1 aromatic heterocycles. The van der Waals surface area contributed by atoms with Crippen LogP contribution < -0.4 is 10.6 Å². The molecule has 2 fully saturated rings. The third kappa shape index (κ3) is 5.17. The van der Waals surface area contributed by atoms with E-state index in [-0.39, 0.29) is 24.0 Å². The molecular weight excluding hydrogens is 405 g/mol. The Labute approximate surface area is 155 Å². The summed E-state index contributed by atoms with van der Waals surface area (Å²) >= 11 is 0. The van der Waals surface area contributed by atoms with Crippen molar-refractivity contribution in [2.75, 3.05) is 51.2 Å². The predicted octanol–water partition coefficient (Wildman–Crippen LogP) is 0.625. The van der Waals surface area contributed by atoms with Gasteiger partial charge < -0.3 is 20.4 Å². The summed E-state index contributed by atoms with van der Waals surface area (Å²) in [6, 6.07) is 2.62. The number of hydrogen-bond donors (Lipinski definition) is 1. The van der Waals surface area contributed by atoms with Gasteiger partial charge in [-0.1, -0.05) is 0 Å². The topological polar surface area (TPSA) is 73.9 Å². The number of halogens is 1. The molecule has 0 bridgehead atoms. The highest BCUT2D eigenvalue weighted by atomic mass is 127. The van der Waals surface area contributed by atoms with E-state index in [0.717, 1.165) is 51.3 Å². The van der Waals surface area contributed by atoms with E-state index in [9.17, 15) is 0 Å². The van der Waals surface area contributed by atoms with Gasteiger partial charge in [-0.3, -0.25) is 4.99 Å². The van der Waals surface area contributed by atoms with Crippen molar-refractivity contribution in [2.24, 2.45) is 10.7 Å². The van der Waals surface area contributed by atoms with Crippen LogP contribution in [0, 0.1) is 0 Å². The smallest absolute Gasteiger partial charge is 0.225 e. The van der Waals surface area contributed by atoms with Crippen molar-refractivity contribution in [3.63, 3.8) is 0 Å². The van der Waals surface area contributed by atoms with Gasteiger partial charge in [0.1, 0.15) is 0 Å². The monoisotopic (exact) mass is 431 g/mol. The van der Waals surface area contributed by atoms with E-state index in [1.165, 1.54) is 12.8 Å². The van der Waals surface area contributed by atoms with Gasteiger partial charge in [0.15, 0.2) is 5.96 Å². The van der Waals surface area contributed by atoms with Gasteiger partial charge in [0.25, 0.3) is 0 Å². The fourth-order valence-corrected chi connectivity index (χ4v) is 2.71. The molecule has 2 heterocycles. The van der Waals surface area contributed by atoms with Gasteiger partial charge >= 0.3 is 0 Å². The van der Waals surface area contributed by atoms with Crippen LogP contribution in [0.1, 0.15) is 12.8 Å². The number of hydrogen-bond acceptors (Lipinski definition) is 5. The van der Waals surface area contributed by atoms with Gasteiger partial charge in [-0.15, -0.1) is 24.0 Å². The second-order valence-corrected chi connectivity index (χ2v) is 5.97. The summed E-state index contributed by atoms with van der Waals surface area (Å²) in [7, 11) is 2.17. The molecule has 3 rings (SSSR count). The van der Waals surface area contributed by atoms with Crippen molar-refractivity contribution >= 4 is 35.9 Å². The lowest BCUT2D eigenvalue weighted by molar-refractivity contribution is 0.331. The Morgan fingerprint density at radius 3 is 2.52 bits per heavy atom. The first kappa shape index (κ1) is 18.2. The summed E-state index contributed by atoms with van der Waals surface area (Å²) in [5, 5.41) is 0. The van der Waals surface area contributed by atoms with Crippen LogP contribution in [0.5, 0.6) is 0 Å². The van der Waals surface area contributed by atoms with Gasteiger partial charge in [-0.2, -0.15) is 0 Å². The molecule has 0 radical (unpaired) electrons. The molecule has 7 nitrogen and oxygen atoms in total. The number of aromatic nitrogens is 2. The van der Waals surface area contributed by atoms with Gasteiger partial charge in [0.05, 0.1) is 6.54 Å². The molecular formula is C15H26IN7. The van der Waals surface area contributed by atoms with E-state index >= 15 is 0 Å². The minimum absolute atomic E-state index is 0. The minimum Gasteiger partial charge on any atom is -0.370 e. The zero-order valence-electron chi connectivity index (χ0n) is 13.6. The van der Waals surface area contributed by atoms with Gasteiger partial charge in [-0.25, -0.2) is 9.97 Å². The molecule has 1 aliphatic heterocycles. The summed E-state index contributed by atoms with van der Waals surface area (Å²) < 4.78 is 0. The zero-order valence-corrected chi connectivity index (χ0v) is 16.0. The number of nitrogens with zero attached hydrogens (tertiary/aromatic N) is 6. The summed E-state index contributed by atoms with van der Waals surface area (Å²) in [6.45, 7) is 5.26. The molecule has 1 aliphatic carbocycles. The first-order valence-corrected chi connectivity index (χ1v) is 8.01. The van der Waals surface area contributed by atoms with Crippen molar-refractivity contribution in [1.29, 1.82) is 0 Å². The fourth-order valence-electron chi connectivity index (χ4n) is 2.71. The summed E-state index contributed by atoms with van der Waals surface area (Å²) in [6.07, 6.45) is 6.22. The third-order valence-electron chi connectivity index (χ3n) is 4.34. The Balaban J connectivity index is 0.00000192. The molecule has 2 N–H and O–H groups in total. The Hall–Kier alpha value is -1.16. The molecule has 128 valence electrons. The van der Waals surface area contributed by atoms with E-state index in [1.54, 1.807) is 12.4 Å². The maximum absolute atomic E-state index is 6.12. The van der Waals surface area contributed by atoms with Crippen LogP contribution in [0.2, 0.25) is 0 Å². The van der Waals surface area contributed by atoms with Crippen LogP contribution in [-0.2, 0) is 0 Å².